The fraction of sp³-hybridized carbons (Fsp3) is 0.828. The van der Waals surface area contributed by atoms with Crippen molar-refractivity contribution in [3.63, 3.8) is 0 Å². The van der Waals surface area contributed by atoms with Gasteiger partial charge < -0.3 is 9.38 Å². The topological polar surface area (TPSA) is 20.3 Å². The van der Waals surface area contributed by atoms with Gasteiger partial charge in [0.15, 0.2) is 4.33 Å². The first-order chi connectivity index (χ1) is 17.9. The normalized spacial score (nSPS) is 27.8. The van der Waals surface area contributed by atoms with Crippen molar-refractivity contribution >= 4 is 75.5 Å². The van der Waals surface area contributed by atoms with Gasteiger partial charge in [0.25, 0.3) is 0 Å². The lowest BCUT2D eigenvalue weighted by Gasteiger charge is -2.44. The van der Waals surface area contributed by atoms with Crippen molar-refractivity contribution < 1.29 is 9.28 Å². The van der Waals surface area contributed by atoms with E-state index in [-0.39, 0.29) is 16.0 Å². The standard InChI is InChI=1S/C29H45Cl6N2O/c1-3-4-5-6-7-8-9-10-11-12-13-14-15-16-24(38)36-17-19-37(2,20-18-36)22-23-21-27(32)25(30)26(31)28(23,33)29(27,34)35/h21H,3-20,22H2,1-2H3/q+1/t27-,28-/m1/s1. The first kappa shape index (κ1) is 33.2. The van der Waals surface area contributed by atoms with Crippen molar-refractivity contribution in [3.8, 4) is 0 Å². The molecule has 1 heterocycles. The van der Waals surface area contributed by atoms with Gasteiger partial charge in [-0.3, -0.25) is 4.79 Å². The molecule has 3 aliphatic rings. The van der Waals surface area contributed by atoms with Crippen LogP contribution in [0.5, 0.6) is 0 Å². The summed E-state index contributed by atoms with van der Waals surface area (Å²) < 4.78 is -0.848. The lowest BCUT2D eigenvalue weighted by atomic mass is 9.99. The number of carbonyl (C=O) groups is 1. The first-order valence-electron chi connectivity index (χ1n) is 14.6. The van der Waals surface area contributed by atoms with Gasteiger partial charge in [0, 0.05) is 12.0 Å². The lowest BCUT2D eigenvalue weighted by Crippen LogP contribution is -2.60. The Hall–Kier alpha value is 0.650. The molecule has 1 amide bonds. The summed E-state index contributed by atoms with van der Waals surface area (Å²) in [5, 5.41) is 0.396. The Morgan fingerprint density at radius 1 is 0.816 bits per heavy atom. The summed E-state index contributed by atoms with van der Waals surface area (Å²) >= 11 is 39.8. The highest BCUT2D eigenvalue weighted by molar-refractivity contribution is 6.66. The summed E-state index contributed by atoms with van der Waals surface area (Å²) in [4.78, 5) is 12.2. The van der Waals surface area contributed by atoms with Crippen molar-refractivity contribution in [1.29, 1.82) is 0 Å². The van der Waals surface area contributed by atoms with Crippen molar-refractivity contribution in [3.05, 3.63) is 21.7 Å². The van der Waals surface area contributed by atoms with Gasteiger partial charge in [-0.05, 0) is 12.5 Å². The highest BCUT2D eigenvalue weighted by atomic mass is 35.5. The van der Waals surface area contributed by atoms with Crippen LogP contribution >= 0.6 is 69.6 Å². The van der Waals surface area contributed by atoms with E-state index in [1.165, 1.54) is 70.6 Å². The van der Waals surface area contributed by atoms with Gasteiger partial charge in [-0.1, -0.05) is 130 Å². The maximum absolute atomic E-state index is 12.8. The van der Waals surface area contributed by atoms with E-state index < -0.39 is 14.1 Å². The Balaban J connectivity index is 1.30. The number of likely N-dealkylation sites (N-methyl/N-ethyl adjacent to an activating group) is 1. The Bertz CT molecular complexity index is 882. The van der Waals surface area contributed by atoms with Crippen LogP contribution in [-0.2, 0) is 4.79 Å². The lowest BCUT2D eigenvalue weighted by molar-refractivity contribution is -0.908. The second-order valence-corrected chi connectivity index (χ2v) is 15.1. The molecular weight excluding hydrogens is 605 g/mol. The fourth-order valence-corrected chi connectivity index (χ4v) is 8.59. The second kappa shape index (κ2) is 14.2. The predicted octanol–water partition coefficient (Wildman–Crippen LogP) is 9.53. The Morgan fingerprint density at radius 3 is 1.74 bits per heavy atom. The number of rotatable bonds is 16. The van der Waals surface area contributed by atoms with Gasteiger partial charge in [0.05, 0.1) is 43.3 Å². The molecule has 1 saturated heterocycles. The number of quaternary nitrogens is 1. The molecule has 0 saturated carbocycles. The number of halogens is 6. The Kier molecular flexibility index (Phi) is 12.4. The summed E-state index contributed by atoms with van der Waals surface area (Å²) in [7, 11) is 2.16. The largest absolute Gasteiger partial charge is 0.331 e. The fourth-order valence-electron chi connectivity index (χ4n) is 6.05. The van der Waals surface area contributed by atoms with Gasteiger partial charge in [0.2, 0.25) is 5.91 Å². The summed E-state index contributed by atoms with van der Waals surface area (Å²) in [6.07, 6.45) is 19.5. The molecule has 3 rings (SSSR count). The van der Waals surface area contributed by atoms with Crippen LogP contribution in [-0.4, -0.2) is 69.1 Å². The molecule has 0 unspecified atom stereocenters. The van der Waals surface area contributed by atoms with Crippen LogP contribution in [0.1, 0.15) is 96.8 Å². The van der Waals surface area contributed by atoms with Crippen molar-refractivity contribution in [2.45, 2.75) is 111 Å². The number of nitrogens with zero attached hydrogens (tertiary/aromatic N) is 2. The molecular formula is C29H45Cl6N2O+. The van der Waals surface area contributed by atoms with Crippen LogP contribution in [0.15, 0.2) is 21.7 Å². The molecule has 0 radical (unpaired) electrons. The van der Waals surface area contributed by atoms with Crippen molar-refractivity contribution in [2.75, 3.05) is 39.8 Å². The average molecular weight is 650 g/mol. The van der Waals surface area contributed by atoms with Crippen molar-refractivity contribution in [2.24, 2.45) is 0 Å². The van der Waals surface area contributed by atoms with Crippen LogP contribution < -0.4 is 0 Å². The van der Waals surface area contributed by atoms with Crippen LogP contribution in [0, 0.1) is 0 Å². The summed E-state index contributed by atoms with van der Waals surface area (Å²) in [6.45, 7) is 5.94. The van der Waals surface area contributed by atoms with E-state index in [1.807, 2.05) is 4.90 Å². The molecule has 0 aromatic carbocycles. The minimum absolute atomic E-state index is 0.191. The number of hydrogen-bond acceptors (Lipinski definition) is 1. The van der Waals surface area contributed by atoms with Crippen LogP contribution in [0.3, 0.4) is 0 Å². The predicted molar refractivity (Wildman–Crippen MR) is 166 cm³/mol. The molecule has 1 fully saturated rings. The Morgan fingerprint density at radius 2 is 1.29 bits per heavy atom. The minimum Gasteiger partial charge on any atom is -0.331 e. The highest BCUT2D eigenvalue weighted by Crippen LogP contribution is 2.71. The second-order valence-electron chi connectivity index (χ2n) is 11.8. The van der Waals surface area contributed by atoms with E-state index in [9.17, 15) is 4.79 Å². The summed E-state index contributed by atoms with van der Waals surface area (Å²) in [5.41, 5.74) is 0.794. The molecule has 38 heavy (non-hydrogen) atoms. The molecule has 2 atom stereocenters. The molecule has 0 aromatic heterocycles. The molecule has 218 valence electrons. The maximum atomic E-state index is 12.8. The minimum atomic E-state index is -1.56. The number of amides is 1. The van der Waals surface area contributed by atoms with E-state index >= 15 is 0 Å². The number of alkyl halides is 4. The van der Waals surface area contributed by atoms with Gasteiger partial charge in [0.1, 0.15) is 16.3 Å². The molecule has 9 heteroatoms. The van der Waals surface area contributed by atoms with Gasteiger partial charge in [-0.15, -0.1) is 23.2 Å². The van der Waals surface area contributed by atoms with E-state index in [2.05, 4.69) is 14.0 Å². The van der Waals surface area contributed by atoms with Crippen molar-refractivity contribution in [1.82, 2.24) is 4.90 Å². The van der Waals surface area contributed by atoms with Gasteiger partial charge in [-0.25, -0.2) is 0 Å². The van der Waals surface area contributed by atoms with E-state index in [0.29, 0.717) is 17.4 Å². The van der Waals surface area contributed by atoms with E-state index in [1.54, 1.807) is 6.08 Å². The zero-order valence-corrected chi connectivity index (χ0v) is 27.6. The molecule has 2 bridgehead atoms. The zero-order valence-electron chi connectivity index (χ0n) is 23.1. The van der Waals surface area contributed by atoms with Crippen LogP contribution in [0.4, 0.5) is 0 Å². The number of allylic oxidation sites excluding steroid dienone is 3. The molecule has 0 aromatic rings. The van der Waals surface area contributed by atoms with Gasteiger partial charge >= 0.3 is 0 Å². The number of carbonyl (C=O) groups excluding carboxylic acids is 1. The zero-order chi connectivity index (χ0) is 28.0. The third-order valence-corrected chi connectivity index (χ3v) is 12.8. The quantitative estimate of drug-likeness (QED) is 0.0706. The van der Waals surface area contributed by atoms with E-state index in [4.69, 9.17) is 69.6 Å². The third-order valence-electron chi connectivity index (χ3n) is 8.74. The molecule has 3 nitrogen and oxygen atoms in total. The monoisotopic (exact) mass is 647 g/mol. The highest BCUT2D eigenvalue weighted by Gasteiger charge is 2.75. The van der Waals surface area contributed by atoms with Crippen LogP contribution in [0.25, 0.3) is 0 Å². The average Bonchev–Trinajstić information content (AvgIpc) is 3.09. The molecule has 0 N–H and O–H groups in total. The molecule has 1 aliphatic heterocycles. The van der Waals surface area contributed by atoms with E-state index in [0.717, 1.165) is 44.6 Å². The first-order valence-corrected chi connectivity index (χ1v) is 16.8. The number of piperazine rings is 1. The SMILES string of the molecule is CCCCCCCCCCCCCCCC(=O)N1CC[N+](C)(CC2=C[C@@]3(Cl)C(Cl)=C(Cl)[C@@]2(Cl)C3(Cl)Cl)CC1. The third kappa shape index (κ3) is 6.99. The Labute approximate surface area is 260 Å². The number of fused-ring (bicyclic) bond motifs is 2. The number of unbranched alkanes of at least 4 members (excludes halogenated alkanes) is 12. The summed E-state index contributed by atoms with van der Waals surface area (Å²) in [5.74, 6) is 0.269. The smallest absolute Gasteiger partial charge is 0.222 e. The van der Waals surface area contributed by atoms with Crippen LogP contribution in [0.2, 0.25) is 0 Å². The number of hydrogen-bond donors (Lipinski definition) is 0. The molecule has 0 spiro atoms. The molecule has 2 aliphatic carbocycles. The summed E-state index contributed by atoms with van der Waals surface area (Å²) in [6, 6.07) is 0. The van der Waals surface area contributed by atoms with Gasteiger partial charge in [-0.2, -0.15) is 0 Å². The maximum Gasteiger partial charge on any atom is 0.222 e.